The third-order valence-corrected chi connectivity index (χ3v) is 2.28. The van der Waals surface area contributed by atoms with E-state index >= 15 is 0 Å². The first-order valence-electron chi connectivity index (χ1n) is 5.40. The molecule has 0 bridgehead atoms. The quantitative estimate of drug-likeness (QED) is 0.800. The fourth-order valence-corrected chi connectivity index (χ4v) is 1.84. The minimum atomic E-state index is 0.159. The topological polar surface area (TPSA) is 46.2 Å². The molecule has 84 valence electrons. The van der Waals surface area contributed by atoms with Gasteiger partial charge in [0.05, 0.1) is 0 Å². The van der Waals surface area contributed by atoms with E-state index in [1.54, 1.807) is 12.1 Å². The number of rotatable bonds is 3. The van der Waals surface area contributed by atoms with Crippen molar-refractivity contribution in [1.82, 2.24) is 0 Å². The first-order valence-corrected chi connectivity index (χ1v) is 5.40. The van der Waals surface area contributed by atoms with Gasteiger partial charge in [0, 0.05) is 6.04 Å². The van der Waals surface area contributed by atoms with E-state index in [1.165, 1.54) is 0 Å². The van der Waals surface area contributed by atoms with Gasteiger partial charge < -0.3 is 10.8 Å². The van der Waals surface area contributed by atoms with Crippen molar-refractivity contribution in [3.63, 3.8) is 0 Å². The lowest BCUT2D eigenvalue weighted by molar-refractivity contribution is 0.338. The molecule has 0 heterocycles. The summed E-state index contributed by atoms with van der Waals surface area (Å²) in [6.45, 7) is 6.57. The molecule has 0 fully saturated rings. The van der Waals surface area contributed by atoms with Gasteiger partial charge in [-0.25, -0.2) is 0 Å². The molecule has 2 heteroatoms. The van der Waals surface area contributed by atoms with Gasteiger partial charge in [0.1, 0.15) is 5.75 Å². The van der Waals surface area contributed by atoms with Crippen LogP contribution in [-0.4, -0.2) is 11.1 Å². The minimum Gasteiger partial charge on any atom is -0.508 e. The Kier molecular flexibility index (Phi) is 3.75. The highest BCUT2D eigenvalue weighted by molar-refractivity contribution is 5.27. The van der Waals surface area contributed by atoms with E-state index in [-0.39, 0.29) is 11.5 Å². The Labute approximate surface area is 92.1 Å². The van der Waals surface area contributed by atoms with Crippen molar-refractivity contribution in [1.29, 1.82) is 0 Å². The molecule has 0 aliphatic heterocycles. The zero-order chi connectivity index (χ0) is 11.5. The van der Waals surface area contributed by atoms with Crippen LogP contribution in [0, 0.1) is 5.41 Å². The van der Waals surface area contributed by atoms with Crippen LogP contribution in [-0.2, 0) is 6.42 Å². The van der Waals surface area contributed by atoms with Crippen LogP contribution in [0.15, 0.2) is 24.3 Å². The Morgan fingerprint density at radius 3 is 2.53 bits per heavy atom. The lowest BCUT2D eigenvalue weighted by atomic mass is 9.86. The number of phenols is 1. The van der Waals surface area contributed by atoms with Gasteiger partial charge in [0.15, 0.2) is 0 Å². The molecule has 0 amide bonds. The summed E-state index contributed by atoms with van der Waals surface area (Å²) in [4.78, 5) is 0. The summed E-state index contributed by atoms with van der Waals surface area (Å²) >= 11 is 0. The van der Waals surface area contributed by atoms with Crippen LogP contribution in [0.3, 0.4) is 0 Å². The predicted molar refractivity (Wildman–Crippen MR) is 63.9 cm³/mol. The molecule has 1 aromatic carbocycles. The second kappa shape index (κ2) is 4.67. The molecule has 0 aliphatic carbocycles. The molecule has 1 aromatic rings. The van der Waals surface area contributed by atoms with Crippen molar-refractivity contribution in [3.05, 3.63) is 29.8 Å². The standard InChI is InChI=1S/C13H21NO/c1-13(2,3)9-11(14)7-10-5-4-6-12(15)8-10/h4-6,8,11,15H,7,9,14H2,1-3H3. The van der Waals surface area contributed by atoms with E-state index in [0.717, 1.165) is 18.4 Å². The average Bonchev–Trinajstić information content (AvgIpc) is 1.99. The molecule has 1 unspecified atom stereocenters. The smallest absolute Gasteiger partial charge is 0.115 e. The highest BCUT2D eigenvalue weighted by Gasteiger charge is 2.15. The molecule has 3 N–H and O–H groups in total. The zero-order valence-electron chi connectivity index (χ0n) is 9.83. The average molecular weight is 207 g/mol. The number of phenolic OH excluding ortho intramolecular Hbond substituents is 1. The Morgan fingerprint density at radius 1 is 1.33 bits per heavy atom. The molecule has 0 spiro atoms. The fraction of sp³-hybridized carbons (Fsp3) is 0.538. The van der Waals surface area contributed by atoms with Crippen LogP contribution in [0.2, 0.25) is 0 Å². The largest absolute Gasteiger partial charge is 0.508 e. The maximum Gasteiger partial charge on any atom is 0.115 e. The van der Waals surface area contributed by atoms with Crippen molar-refractivity contribution >= 4 is 0 Å². The Bertz CT molecular complexity index is 315. The van der Waals surface area contributed by atoms with Crippen LogP contribution in [0.1, 0.15) is 32.8 Å². The summed E-state index contributed by atoms with van der Waals surface area (Å²) in [5, 5.41) is 9.32. The van der Waals surface area contributed by atoms with Crippen LogP contribution in [0.4, 0.5) is 0 Å². The molecule has 0 saturated carbocycles. The first kappa shape index (κ1) is 12.1. The highest BCUT2D eigenvalue weighted by Crippen LogP contribution is 2.22. The van der Waals surface area contributed by atoms with Crippen LogP contribution in [0.25, 0.3) is 0 Å². The number of nitrogens with two attached hydrogens (primary N) is 1. The van der Waals surface area contributed by atoms with E-state index < -0.39 is 0 Å². The van der Waals surface area contributed by atoms with Gasteiger partial charge in [0.2, 0.25) is 0 Å². The van der Waals surface area contributed by atoms with Crippen molar-refractivity contribution < 1.29 is 5.11 Å². The van der Waals surface area contributed by atoms with E-state index in [4.69, 9.17) is 5.73 Å². The van der Waals surface area contributed by atoms with Crippen LogP contribution < -0.4 is 5.73 Å². The van der Waals surface area contributed by atoms with Gasteiger partial charge >= 0.3 is 0 Å². The SMILES string of the molecule is CC(C)(C)CC(N)Cc1cccc(O)c1. The maximum absolute atomic E-state index is 9.32. The molecular formula is C13H21NO. The molecule has 1 atom stereocenters. The minimum absolute atomic E-state index is 0.159. The lowest BCUT2D eigenvalue weighted by Crippen LogP contribution is -2.28. The zero-order valence-corrected chi connectivity index (χ0v) is 9.83. The Hall–Kier alpha value is -1.02. The summed E-state index contributed by atoms with van der Waals surface area (Å²) in [7, 11) is 0. The number of hydrogen-bond acceptors (Lipinski definition) is 2. The third-order valence-electron chi connectivity index (χ3n) is 2.28. The summed E-state index contributed by atoms with van der Waals surface area (Å²) in [5.41, 5.74) is 7.42. The van der Waals surface area contributed by atoms with Crippen molar-refractivity contribution in [2.75, 3.05) is 0 Å². The van der Waals surface area contributed by atoms with Crippen molar-refractivity contribution in [3.8, 4) is 5.75 Å². The molecule has 15 heavy (non-hydrogen) atoms. The first-order chi connectivity index (χ1) is 6.87. The Balaban J connectivity index is 2.55. The van der Waals surface area contributed by atoms with Crippen LogP contribution in [0.5, 0.6) is 5.75 Å². The van der Waals surface area contributed by atoms with Crippen molar-refractivity contribution in [2.45, 2.75) is 39.7 Å². The van der Waals surface area contributed by atoms with Gasteiger partial charge in [0.25, 0.3) is 0 Å². The number of aromatic hydroxyl groups is 1. The number of benzene rings is 1. The summed E-state index contributed by atoms with van der Waals surface area (Å²) < 4.78 is 0. The van der Waals surface area contributed by atoms with Gasteiger partial charge in [-0.15, -0.1) is 0 Å². The maximum atomic E-state index is 9.32. The van der Waals surface area contributed by atoms with E-state index in [2.05, 4.69) is 20.8 Å². The molecule has 0 aliphatic rings. The van der Waals surface area contributed by atoms with E-state index in [9.17, 15) is 5.11 Å². The number of hydrogen-bond donors (Lipinski definition) is 2. The van der Waals surface area contributed by atoms with Gasteiger partial charge in [-0.3, -0.25) is 0 Å². The third kappa shape index (κ3) is 4.84. The van der Waals surface area contributed by atoms with Crippen molar-refractivity contribution in [2.24, 2.45) is 11.1 Å². The molecule has 0 saturated heterocycles. The predicted octanol–water partition coefficient (Wildman–Crippen LogP) is 2.70. The monoisotopic (exact) mass is 207 g/mol. The molecule has 1 rings (SSSR count). The van der Waals surface area contributed by atoms with E-state index in [0.29, 0.717) is 5.75 Å². The normalized spacial score (nSPS) is 13.9. The summed E-state index contributed by atoms with van der Waals surface area (Å²) in [5.74, 6) is 0.315. The van der Waals surface area contributed by atoms with E-state index in [1.807, 2.05) is 12.1 Å². The summed E-state index contributed by atoms with van der Waals surface area (Å²) in [6, 6.07) is 7.48. The second-order valence-electron chi connectivity index (χ2n) is 5.40. The second-order valence-corrected chi connectivity index (χ2v) is 5.40. The van der Waals surface area contributed by atoms with Gasteiger partial charge in [-0.1, -0.05) is 32.9 Å². The highest BCUT2D eigenvalue weighted by atomic mass is 16.3. The van der Waals surface area contributed by atoms with Crippen LogP contribution >= 0.6 is 0 Å². The molecule has 0 aromatic heterocycles. The van der Waals surface area contributed by atoms with Gasteiger partial charge in [-0.2, -0.15) is 0 Å². The Morgan fingerprint density at radius 2 is 2.00 bits per heavy atom. The molecule has 2 nitrogen and oxygen atoms in total. The fourth-order valence-electron chi connectivity index (χ4n) is 1.84. The lowest BCUT2D eigenvalue weighted by Gasteiger charge is -2.23. The molecule has 0 radical (unpaired) electrons. The van der Waals surface area contributed by atoms with Gasteiger partial charge in [-0.05, 0) is 36.0 Å². The summed E-state index contributed by atoms with van der Waals surface area (Å²) in [6.07, 6.45) is 1.81. The molecular weight excluding hydrogens is 186 g/mol.